The van der Waals surface area contributed by atoms with Gasteiger partial charge in [0, 0.05) is 29.9 Å². The average molecular weight is 358 g/mol. The maximum atomic E-state index is 13.4. The molecule has 1 amide bonds. The molecule has 1 aliphatic rings. The Balaban J connectivity index is 1.73. The van der Waals surface area contributed by atoms with Crippen molar-refractivity contribution >= 4 is 11.6 Å². The van der Waals surface area contributed by atoms with Crippen molar-refractivity contribution in [2.75, 3.05) is 12.4 Å². The van der Waals surface area contributed by atoms with Crippen molar-refractivity contribution < 1.29 is 13.6 Å². The van der Waals surface area contributed by atoms with Crippen LogP contribution in [0.3, 0.4) is 0 Å². The third kappa shape index (κ3) is 4.67. The first-order valence-electron chi connectivity index (χ1n) is 9.08. The summed E-state index contributed by atoms with van der Waals surface area (Å²) < 4.78 is 26.7. The molecule has 0 saturated heterocycles. The van der Waals surface area contributed by atoms with Crippen LogP contribution in [0.15, 0.2) is 42.5 Å². The van der Waals surface area contributed by atoms with E-state index in [0.717, 1.165) is 30.3 Å². The maximum Gasteiger partial charge on any atom is 0.255 e. The Labute approximate surface area is 153 Å². The first-order chi connectivity index (χ1) is 12.5. The number of hydrogen-bond donors (Lipinski definition) is 1. The van der Waals surface area contributed by atoms with Crippen molar-refractivity contribution in [2.24, 2.45) is 0 Å². The number of halogens is 2. The van der Waals surface area contributed by atoms with Gasteiger partial charge in [0.2, 0.25) is 0 Å². The highest BCUT2D eigenvalue weighted by Crippen LogP contribution is 2.25. The maximum absolute atomic E-state index is 13.4. The van der Waals surface area contributed by atoms with Gasteiger partial charge in [-0.3, -0.25) is 9.69 Å². The fraction of sp³-hybridized carbons (Fsp3) is 0.381. The van der Waals surface area contributed by atoms with Crippen LogP contribution in [0.5, 0.6) is 0 Å². The lowest BCUT2D eigenvalue weighted by atomic mass is 9.94. The molecular formula is C21H24F2N2O. The van der Waals surface area contributed by atoms with E-state index >= 15 is 0 Å². The SMILES string of the molecule is CN(Cc1ccccc1NC(=O)c1cc(F)cc(F)c1)C1CCCCC1. The van der Waals surface area contributed by atoms with E-state index in [4.69, 9.17) is 0 Å². The second kappa shape index (κ2) is 8.41. The molecule has 5 heteroatoms. The molecule has 3 nitrogen and oxygen atoms in total. The quantitative estimate of drug-likeness (QED) is 0.817. The van der Waals surface area contributed by atoms with Crippen LogP contribution in [0.4, 0.5) is 14.5 Å². The van der Waals surface area contributed by atoms with Crippen LogP contribution in [-0.4, -0.2) is 23.9 Å². The van der Waals surface area contributed by atoms with E-state index in [0.29, 0.717) is 11.7 Å². The van der Waals surface area contributed by atoms with Crippen molar-refractivity contribution in [1.82, 2.24) is 4.90 Å². The van der Waals surface area contributed by atoms with Crippen molar-refractivity contribution in [3.8, 4) is 0 Å². The summed E-state index contributed by atoms with van der Waals surface area (Å²) in [5.41, 5.74) is 1.63. The number of nitrogens with zero attached hydrogens (tertiary/aromatic N) is 1. The second-order valence-electron chi connectivity index (χ2n) is 6.98. The van der Waals surface area contributed by atoms with Crippen LogP contribution in [0.2, 0.25) is 0 Å². The van der Waals surface area contributed by atoms with Crippen LogP contribution in [0.25, 0.3) is 0 Å². The van der Waals surface area contributed by atoms with Gasteiger partial charge in [-0.25, -0.2) is 8.78 Å². The van der Waals surface area contributed by atoms with E-state index in [1.807, 2.05) is 24.3 Å². The van der Waals surface area contributed by atoms with Crippen molar-refractivity contribution in [3.63, 3.8) is 0 Å². The third-order valence-corrected chi connectivity index (χ3v) is 5.01. The highest BCUT2D eigenvalue weighted by Gasteiger charge is 2.19. The van der Waals surface area contributed by atoms with Gasteiger partial charge in [0.25, 0.3) is 5.91 Å². The van der Waals surface area contributed by atoms with Crippen molar-refractivity contribution in [2.45, 2.75) is 44.7 Å². The van der Waals surface area contributed by atoms with Crippen molar-refractivity contribution in [1.29, 1.82) is 0 Å². The van der Waals surface area contributed by atoms with E-state index in [-0.39, 0.29) is 5.56 Å². The fourth-order valence-corrected chi connectivity index (χ4v) is 3.58. The molecule has 138 valence electrons. The highest BCUT2D eigenvalue weighted by atomic mass is 19.1. The van der Waals surface area contributed by atoms with Crippen LogP contribution in [0.1, 0.15) is 48.0 Å². The molecule has 2 aromatic rings. The largest absolute Gasteiger partial charge is 0.322 e. The van der Waals surface area contributed by atoms with Gasteiger partial charge in [0.15, 0.2) is 0 Å². The lowest BCUT2D eigenvalue weighted by Gasteiger charge is -2.31. The molecule has 0 spiro atoms. The minimum absolute atomic E-state index is 0.0297. The number of carbonyl (C=O) groups is 1. The third-order valence-electron chi connectivity index (χ3n) is 5.01. The molecule has 3 rings (SSSR count). The van der Waals surface area contributed by atoms with E-state index in [9.17, 15) is 13.6 Å². The van der Waals surface area contributed by atoms with Gasteiger partial charge in [-0.2, -0.15) is 0 Å². The smallest absolute Gasteiger partial charge is 0.255 e. The number of amides is 1. The summed E-state index contributed by atoms with van der Waals surface area (Å²) >= 11 is 0. The number of anilines is 1. The van der Waals surface area contributed by atoms with Gasteiger partial charge in [-0.05, 0) is 43.7 Å². The summed E-state index contributed by atoms with van der Waals surface area (Å²) in [6, 6.07) is 10.9. The van der Waals surface area contributed by atoms with Gasteiger partial charge in [0.05, 0.1) is 0 Å². The minimum Gasteiger partial charge on any atom is -0.322 e. The number of rotatable bonds is 5. The van der Waals surface area contributed by atoms with Gasteiger partial charge >= 0.3 is 0 Å². The molecule has 2 aromatic carbocycles. The average Bonchev–Trinajstić information content (AvgIpc) is 2.63. The van der Waals surface area contributed by atoms with Gasteiger partial charge in [-0.1, -0.05) is 37.5 Å². The molecule has 1 fully saturated rings. The number of para-hydroxylation sites is 1. The number of hydrogen-bond acceptors (Lipinski definition) is 2. The number of benzene rings is 2. The number of nitrogens with one attached hydrogen (secondary N) is 1. The van der Waals surface area contributed by atoms with Crippen molar-refractivity contribution in [3.05, 3.63) is 65.2 Å². The molecule has 0 unspecified atom stereocenters. The van der Waals surface area contributed by atoms with Crippen LogP contribution >= 0.6 is 0 Å². The predicted octanol–water partition coefficient (Wildman–Crippen LogP) is 4.98. The normalized spacial score (nSPS) is 15.2. The lowest BCUT2D eigenvalue weighted by molar-refractivity contribution is 0.102. The van der Waals surface area contributed by atoms with Crippen LogP contribution < -0.4 is 5.32 Å². The van der Waals surface area contributed by atoms with E-state index in [1.165, 1.54) is 32.1 Å². The Hall–Kier alpha value is -2.27. The Morgan fingerprint density at radius 2 is 1.73 bits per heavy atom. The van der Waals surface area contributed by atoms with E-state index in [1.54, 1.807) is 0 Å². The van der Waals surface area contributed by atoms with Crippen LogP contribution in [-0.2, 0) is 6.54 Å². The van der Waals surface area contributed by atoms with Gasteiger partial charge in [-0.15, -0.1) is 0 Å². The summed E-state index contributed by atoms with van der Waals surface area (Å²) in [5, 5.41) is 2.79. The Kier molecular flexibility index (Phi) is 5.99. The lowest BCUT2D eigenvalue weighted by Crippen LogP contribution is -2.33. The van der Waals surface area contributed by atoms with Gasteiger partial charge in [0.1, 0.15) is 11.6 Å². The zero-order valence-electron chi connectivity index (χ0n) is 15.0. The van der Waals surface area contributed by atoms with Crippen LogP contribution in [0, 0.1) is 11.6 Å². The second-order valence-corrected chi connectivity index (χ2v) is 6.98. The zero-order chi connectivity index (χ0) is 18.5. The summed E-state index contributed by atoms with van der Waals surface area (Å²) in [7, 11) is 2.11. The molecular weight excluding hydrogens is 334 g/mol. The predicted molar refractivity (Wildman–Crippen MR) is 99.1 cm³/mol. The molecule has 1 N–H and O–H groups in total. The minimum atomic E-state index is -0.763. The molecule has 0 atom stereocenters. The molecule has 1 aliphatic carbocycles. The first kappa shape index (κ1) is 18.5. The summed E-state index contributed by atoms with van der Waals surface area (Å²) in [5.74, 6) is -2.04. The van der Waals surface area contributed by atoms with Gasteiger partial charge < -0.3 is 5.32 Å². The Morgan fingerprint density at radius 1 is 1.08 bits per heavy atom. The standard InChI is InChI=1S/C21H24F2N2O/c1-25(19-8-3-2-4-9-19)14-15-7-5-6-10-20(15)24-21(26)16-11-17(22)13-18(23)12-16/h5-7,10-13,19H,2-4,8-9,14H2,1H3,(H,24,26). The van der Waals surface area contributed by atoms with E-state index in [2.05, 4.69) is 17.3 Å². The molecule has 0 radical (unpaired) electrons. The Bertz CT molecular complexity index is 752. The molecule has 0 aromatic heterocycles. The topological polar surface area (TPSA) is 32.3 Å². The monoisotopic (exact) mass is 358 g/mol. The number of carbonyl (C=O) groups excluding carboxylic acids is 1. The molecule has 26 heavy (non-hydrogen) atoms. The van der Waals surface area contributed by atoms with E-state index < -0.39 is 17.5 Å². The fourth-order valence-electron chi connectivity index (χ4n) is 3.58. The summed E-state index contributed by atoms with van der Waals surface area (Å²) in [6.45, 7) is 0.721. The molecule has 1 saturated carbocycles. The highest BCUT2D eigenvalue weighted by molar-refractivity contribution is 6.04. The molecule has 0 aliphatic heterocycles. The molecule has 0 heterocycles. The Morgan fingerprint density at radius 3 is 2.42 bits per heavy atom. The summed E-state index contributed by atoms with van der Waals surface area (Å²) in [6.07, 6.45) is 6.24. The zero-order valence-corrected chi connectivity index (χ0v) is 15.0. The molecule has 0 bridgehead atoms. The summed E-state index contributed by atoms with van der Waals surface area (Å²) in [4.78, 5) is 14.7. The first-order valence-corrected chi connectivity index (χ1v) is 9.08.